The number of nitrogens with one attached hydrogen (secondary N) is 1. The number of benzene rings is 2. The fraction of sp³-hybridized carbons (Fsp3) is 0.364. The van der Waals surface area contributed by atoms with Crippen LogP contribution >= 0.6 is 21.6 Å². The smallest absolute Gasteiger partial charge is 0.408 e. The summed E-state index contributed by atoms with van der Waals surface area (Å²) in [4.78, 5) is 23.6. The Bertz CT molecular complexity index is 908. The van der Waals surface area contributed by atoms with Gasteiger partial charge in [-0.25, -0.2) is 9.59 Å². The zero-order valence-electron chi connectivity index (χ0n) is 16.7. The second-order valence-corrected chi connectivity index (χ2v) is 11.0. The summed E-state index contributed by atoms with van der Waals surface area (Å²) >= 11 is 0. The van der Waals surface area contributed by atoms with Crippen molar-refractivity contribution in [2.24, 2.45) is 0 Å². The van der Waals surface area contributed by atoms with Crippen LogP contribution in [0.5, 0.6) is 0 Å². The van der Waals surface area contributed by atoms with E-state index in [4.69, 9.17) is 4.74 Å². The molecule has 0 aromatic heterocycles. The van der Waals surface area contributed by atoms with Crippen molar-refractivity contribution in [1.82, 2.24) is 5.32 Å². The van der Waals surface area contributed by atoms with Crippen LogP contribution in [-0.2, 0) is 22.6 Å². The van der Waals surface area contributed by atoms with Crippen molar-refractivity contribution in [1.29, 1.82) is 0 Å². The molecule has 5 nitrogen and oxygen atoms in total. The van der Waals surface area contributed by atoms with E-state index >= 15 is 0 Å². The Morgan fingerprint density at radius 1 is 1.14 bits per heavy atom. The Hall–Kier alpha value is -2.12. The maximum Gasteiger partial charge on any atom is 0.408 e. The summed E-state index contributed by atoms with van der Waals surface area (Å²) < 4.78 is 5.36. The van der Waals surface area contributed by atoms with E-state index in [0.717, 1.165) is 17.5 Å². The topological polar surface area (TPSA) is 75.6 Å². The third kappa shape index (κ3) is 5.70. The monoisotopic (exact) mass is 431 g/mol. The summed E-state index contributed by atoms with van der Waals surface area (Å²) in [6.07, 6.45) is 0.0947. The number of amides is 1. The standard InChI is InChI=1S/C22H25NO4S2/c1-22(2,3)29-28-13-19(20(24)25)23-21(26)27-12-15-8-6-10-17-16-9-5-4-7-14(16)11-18(15)17/h4-10,19H,11-13H2,1-3H3,(H,23,26)(H,24,25)/t19-/m0/s1. The number of ether oxygens (including phenoxy) is 1. The van der Waals surface area contributed by atoms with Crippen LogP contribution in [-0.4, -0.2) is 33.7 Å². The lowest BCUT2D eigenvalue weighted by molar-refractivity contribution is -0.138. The van der Waals surface area contributed by atoms with Gasteiger partial charge in [0.25, 0.3) is 0 Å². The number of alkyl carbamates (subject to hydrolysis) is 1. The van der Waals surface area contributed by atoms with Crippen LogP contribution in [0.3, 0.4) is 0 Å². The van der Waals surface area contributed by atoms with Crippen molar-refractivity contribution in [3.63, 3.8) is 0 Å². The summed E-state index contributed by atoms with van der Waals surface area (Å²) in [5, 5.41) is 11.8. The third-order valence-electron chi connectivity index (χ3n) is 4.44. The van der Waals surface area contributed by atoms with Gasteiger partial charge in [-0.05, 0) is 34.2 Å². The molecule has 29 heavy (non-hydrogen) atoms. The number of carbonyl (C=O) groups is 2. The molecule has 0 saturated carbocycles. The van der Waals surface area contributed by atoms with Crippen molar-refractivity contribution in [2.75, 3.05) is 5.75 Å². The van der Waals surface area contributed by atoms with Gasteiger partial charge in [0, 0.05) is 10.5 Å². The quantitative estimate of drug-likeness (QED) is 0.506. The molecule has 7 heteroatoms. The minimum Gasteiger partial charge on any atom is -0.480 e. The van der Waals surface area contributed by atoms with Gasteiger partial charge in [-0.1, -0.05) is 84.8 Å². The molecule has 3 rings (SSSR count). The van der Waals surface area contributed by atoms with E-state index < -0.39 is 18.1 Å². The van der Waals surface area contributed by atoms with Crippen LogP contribution in [0.2, 0.25) is 0 Å². The zero-order valence-corrected chi connectivity index (χ0v) is 18.4. The van der Waals surface area contributed by atoms with Gasteiger partial charge in [0.2, 0.25) is 0 Å². The minimum atomic E-state index is -1.07. The second kappa shape index (κ2) is 9.13. The fourth-order valence-corrected chi connectivity index (χ4v) is 5.60. The van der Waals surface area contributed by atoms with Crippen LogP contribution in [0.25, 0.3) is 11.1 Å². The molecular formula is C22H25NO4S2. The molecule has 0 fully saturated rings. The molecule has 0 saturated heterocycles. The van der Waals surface area contributed by atoms with E-state index in [2.05, 4.69) is 44.3 Å². The van der Waals surface area contributed by atoms with Crippen molar-refractivity contribution in [3.05, 3.63) is 59.2 Å². The number of carboxylic acid groups (broad SMARTS) is 1. The lowest BCUT2D eigenvalue weighted by atomic mass is 10.0. The lowest BCUT2D eigenvalue weighted by Gasteiger charge is -2.19. The molecule has 0 spiro atoms. The highest BCUT2D eigenvalue weighted by atomic mass is 33.1. The second-order valence-electron chi connectivity index (χ2n) is 7.87. The van der Waals surface area contributed by atoms with Gasteiger partial charge in [-0.3, -0.25) is 0 Å². The van der Waals surface area contributed by atoms with Crippen molar-refractivity contribution >= 4 is 33.7 Å². The predicted molar refractivity (Wildman–Crippen MR) is 119 cm³/mol. The van der Waals surface area contributed by atoms with Gasteiger partial charge in [-0.15, -0.1) is 0 Å². The lowest BCUT2D eigenvalue weighted by Crippen LogP contribution is -2.42. The molecule has 0 aliphatic heterocycles. The van der Waals surface area contributed by atoms with Crippen molar-refractivity contribution in [3.8, 4) is 11.1 Å². The summed E-state index contributed by atoms with van der Waals surface area (Å²) in [5.41, 5.74) is 5.75. The molecule has 1 atom stereocenters. The van der Waals surface area contributed by atoms with E-state index in [-0.39, 0.29) is 17.1 Å². The first-order chi connectivity index (χ1) is 13.7. The highest BCUT2D eigenvalue weighted by molar-refractivity contribution is 8.77. The molecule has 1 aliphatic rings. The van der Waals surface area contributed by atoms with E-state index in [1.54, 1.807) is 10.8 Å². The largest absolute Gasteiger partial charge is 0.480 e. The Morgan fingerprint density at radius 2 is 1.86 bits per heavy atom. The highest BCUT2D eigenvalue weighted by Crippen LogP contribution is 2.38. The Morgan fingerprint density at radius 3 is 2.59 bits per heavy atom. The van der Waals surface area contributed by atoms with E-state index in [0.29, 0.717) is 0 Å². The van der Waals surface area contributed by atoms with Gasteiger partial charge < -0.3 is 15.2 Å². The average Bonchev–Trinajstić information content (AvgIpc) is 3.04. The minimum absolute atomic E-state index is 0.0134. The normalized spacial score (nSPS) is 13.3. The molecule has 2 N–H and O–H groups in total. The average molecular weight is 432 g/mol. The van der Waals surface area contributed by atoms with Gasteiger partial charge >= 0.3 is 12.1 Å². The number of hydrogen-bond donors (Lipinski definition) is 2. The first-order valence-electron chi connectivity index (χ1n) is 9.40. The molecule has 0 heterocycles. The maximum absolute atomic E-state index is 12.2. The van der Waals surface area contributed by atoms with Gasteiger partial charge in [0.15, 0.2) is 0 Å². The van der Waals surface area contributed by atoms with Crippen LogP contribution in [0.15, 0.2) is 42.5 Å². The number of fused-ring (bicyclic) bond motifs is 3. The van der Waals surface area contributed by atoms with Crippen molar-refractivity contribution < 1.29 is 19.4 Å². The highest BCUT2D eigenvalue weighted by Gasteiger charge is 2.24. The summed E-state index contributed by atoms with van der Waals surface area (Å²) in [6.45, 7) is 6.27. The molecule has 2 aromatic rings. The van der Waals surface area contributed by atoms with Gasteiger partial charge in [0.05, 0.1) is 0 Å². The summed E-state index contributed by atoms with van der Waals surface area (Å²) in [5.74, 6) is -0.803. The molecule has 1 aliphatic carbocycles. The Balaban J connectivity index is 1.58. The number of rotatable bonds is 7. The summed E-state index contributed by atoms with van der Waals surface area (Å²) in [7, 11) is 3.01. The van der Waals surface area contributed by atoms with Gasteiger partial charge in [0.1, 0.15) is 12.6 Å². The molecule has 1 amide bonds. The molecule has 154 valence electrons. The van der Waals surface area contributed by atoms with Gasteiger partial charge in [-0.2, -0.15) is 0 Å². The van der Waals surface area contributed by atoms with E-state index in [9.17, 15) is 14.7 Å². The number of carbonyl (C=O) groups excluding carboxylic acids is 1. The van der Waals surface area contributed by atoms with Crippen LogP contribution < -0.4 is 5.32 Å². The van der Waals surface area contributed by atoms with Crippen LogP contribution in [0, 0.1) is 0 Å². The van der Waals surface area contributed by atoms with E-state index in [1.807, 2.05) is 24.3 Å². The number of aliphatic carboxylic acids is 1. The number of hydrogen-bond acceptors (Lipinski definition) is 5. The Kier molecular flexibility index (Phi) is 6.80. The fourth-order valence-electron chi connectivity index (χ4n) is 3.14. The third-order valence-corrected chi connectivity index (χ3v) is 7.79. The summed E-state index contributed by atoms with van der Waals surface area (Å²) in [6, 6.07) is 13.2. The molecule has 0 bridgehead atoms. The van der Waals surface area contributed by atoms with Crippen LogP contribution in [0.4, 0.5) is 4.79 Å². The van der Waals surface area contributed by atoms with Crippen molar-refractivity contribution in [2.45, 2.75) is 44.6 Å². The molecule has 2 aromatic carbocycles. The number of carboxylic acids is 1. The Labute approximate surface area is 179 Å². The van der Waals surface area contributed by atoms with Crippen LogP contribution in [0.1, 0.15) is 37.5 Å². The maximum atomic E-state index is 12.2. The predicted octanol–water partition coefficient (Wildman–Crippen LogP) is 5.12. The SMILES string of the molecule is CC(C)(C)SSC[C@H](NC(=O)OCc1cccc2c1Cc1ccccc1-2)C(=O)O. The molecule has 0 radical (unpaired) electrons. The molecular weight excluding hydrogens is 406 g/mol. The first kappa shape index (κ1) is 21.6. The zero-order chi connectivity index (χ0) is 21.0. The first-order valence-corrected chi connectivity index (χ1v) is 11.7. The van der Waals surface area contributed by atoms with E-state index in [1.165, 1.54) is 27.5 Å². The molecule has 0 unspecified atom stereocenters.